The number of furan rings is 1. The van der Waals surface area contributed by atoms with E-state index in [2.05, 4.69) is 17.4 Å². The highest BCUT2D eigenvalue weighted by atomic mass is 16.3. The SMILES string of the molecule is O=C(NCC(=O)N1CCCN1C(=O)CC1Cc2ccccc2C1)c1ccco1. The van der Waals surface area contributed by atoms with Gasteiger partial charge in [0, 0.05) is 19.5 Å². The minimum absolute atomic E-state index is 0.0268. The van der Waals surface area contributed by atoms with Crippen molar-refractivity contribution in [3.05, 3.63) is 59.5 Å². The zero-order chi connectivity index (χ0) is 19.5. The number of hydrogen-bond donors (Lipinski definition) is 1. The maximum atomic E-state index is 12.8. The number of hydrazine groups is 1. The number of hydrogen-bond acceptors (Lipinski definition) is 4. The predicted molar refractivity (Wildman–Crippen MR) is 101 cm³/mol. The highest BCUT2D eigenvalue weighted by molar-refractivity contribution is 5.94. The molecular formula is C21H23N3O4. The van der Waals surface area contributed by atoms with Crippen molar-refractivity contribution in [3.8, 4) is 0 Å². The molecule has 2 aliphatic rings. The highest BCUT2D eigenvalue weighted by Crippen LogP contribution is 2.29. The van der Waals surface area contributed by atoms with Crippen LogP contribution in [0.5, 0.6) is 0 Å². The van der Waals surface area contributed by atoms with Gasteiger partial charge in [0.05, 0.1) is 12.8 Å². The van der Waals surface area contributed by atoms with E-state index in [1.165, 1.54) is 28.5 Å². The second-order valence-corrected chi connectivity index (χ2v) is 7.29. The maximum absolute atomic E-state index is 12.8. The summed E-state index contributed by atoms with van der Waals surface area (Å²) in [6, 6.07) is 11.4. The maximum Gasteiger partial charge on any atom is 0.287 e. The van der Waals surface area contributed by atoms with Gasteiger partial charge in [-0.15, -0.1) is 0 Å². The summed E-state index contributed by atoms with van der Waals surface area (Å²) in [4.78, 5) is 37.3. The number of rotatable bonds is 5. The molecular weight excluding hydrogens is 358 g/mol. The minimum atomic E-state index is -0.445. The Hall–Kier alpha value is -3.09. The zero-order valence-electron chi connectivity index (χ0n) is 15.6. The first-order valence-corrected chi connectivity index (χ1v) is 9.61. The van der Waals surface area contributed by atoms with Crippen LogP contribution in [-0.4, -0.2) is 47.4 Å². The summed E-state index contributed by atoms with van der Waals surface area (Å²) in [5.74, 6) is -0.329. The summed E-state index contributed by atoms with van der Waals surface area (Å²) in [5, 5.41) is 5.56. The Morgan fingerprint density at radius 2 is 1.64 bits per heavy atom. The number of benzene rings is 1. The van der Waals surface area contributed by atoms with Crippen molar-refractivity contribution in [1.82, 2.24) is 15.3 Å². The Kier molecular flexibility index (Phi) is 5.14. The molecule has 146 valence electrons. The van der Waals surface area contributed by atoms with Crippen molar-refractivity contribution in [3.63, 3.8) is 0 Å². The molecule has 1 aliphatic heterocycles. The van der Waals surface area contributed by atoms with Crippen LogP contribution in [0.2, 0.25) is 0 Å². The molecule has 3 amide bonds. The molecule has 1 N–H and O–H groups in total. The third kappa shape index (κ3) is 3.78. The Bertz CT molecular complexity index is 853. The van der Waals surface area contributed by atoms with Gasteiger partial charge in [-0.1, -0.05) is 24.3 Å². The van der Waals surface area contributed by atoms with Crippen molar-refractivity contribution in [2.24, 2.45) is 5.92 Å². The Morgan fingerprint density at radius 1 is 0.964 bits per heavy atom. The molecule has 1 aromatic carbocycles. The minimum Gasteiger partial charge on any atom is -0.459 e. The topological polar surface area (TPSA) is 82.9 Å². The highest BCUT2D eigenvalue weighted by Gasteiger charge is 2.33. The quantitative estimate of drug-likeness (QED) is 0.856. The fourth-order valence-electron chi connectivity index (χ4n) is 4.02. The molecule has 2 aromatic rings. The van der Waals surface area contributed by atoms with Gasteiger partial charge in [-0.3, -0.25) is 19.4 Å². The van der Waals surface area contributed by atoms with Crippen molar-refractivity contribution < 1.29 is 18.8 Å². The number of carbonyl (C=O) groups excluding carboxylic acids is 3. The van der Waals surface area contributed by atoms with Crippen LogP contribution in [0.25, 0.3) is 0 Å². The molecule has 0 radical (unpaired) electrons. The molecule has 7 nitrogen and oxygen atoms in total. The van der Waals surface area contributed by atoms with Gasteiger partial charge in [0.2, 0.25) is 5.91 Å². The van der Waals surface area contributed by atoms with Crippen LogP contribution in [0.3, 0.4) is 0 Å². The normalized spacial score (nSPS) is 16.3. The summed E-state index contributed by atoms with van der Waals surface area (Å²) in [6.07, 6.45) is 4.39. The van der Waals surface area contributed by atoms with Crippen LogP contribution >= 0.6 is 0 Å². The largest absolute Gasteiger partial charge is 0.459 e. The van der Waals surface area contributed by atoms with Gasteiger partial charge >= 0.3 is 0 Å². The zero-order valence-corrected chi connectivity index (χ0v) is 15.6. The van der Waals surface area contributed by atoms with Gasteiger partial charge in [-0.2, -0.15) is 0 Å². The fourth-order valence-corrected chi connectivity index (χ4v) is 4.02. The van der Waals surface area contributed by atoms with E-state index in [1.807, 2.05) is 12.1 Å². The molecule has 0 spiro atoms. The molecule has 4 rings (SSSR count). The standard InChI is InChI=1S/C21H23N3O4/c25-19(13-15-11-16-5-1-2-6-17(16)12-15)23-8-4-9-24(23)20(26)14-22-21(27)18-7-3-10-28-18/h1-3,5-7,10,15H,4,8-9,11-14H2,(H,22,27). The summed E-state index contributed by atoms with van der Waals surface area (Å²) in [6.45, 7) is 0.862. The lowest BCUT2D eigenvalue weighted by molar-refractivity contribution is -0.157. The molecule has 1 saturated heterocycles. The molecule has 7 heteroatoms. The molecule has 0 saturated carbocycles. The van der Waals surface area contributed by atoms with Crippen molar-refractivity contribution >= 4 is 17.7 Å². The third-order valence-corrected chi connectivity index (χ3v) is 5.35. The molecule has 0 bridgehead atoms. The fraction of sp³-hybridized carbons (Fsp3) is 0.381. The van der Waals surface area contributed by atoms with Crippen LogP contribution in [-0.2, 0) is 22.4 Å². The first-order chi connectivity index (χ1) is 13.6. The van der Waals surface area contributed by atoms with Crippen molar-refractivity contribution in [1.29, 1.82) is 0 Å². The monoisotopic (exact) mass is 381 g/mol. The molecule has 28 heavy (non-hydrogen) atoms. The molecule has 2 heterocycles. The van der Waals surface area contributed by atoms with Gasteiger partial charge in [-0.05, 0) is 48.4 Å². The number of carbonyl (C=O) groups is 3. The third-order valence-electron chi connectivity index (χ3n) is 5.35. The van der Waals surface area contributed by atoms with E-state index in [9.17, 15) is 14.4 Å². The van der Waals surface area contributed by atoms with Crippen LogP contribution in [0.4, 0.5) is 0 Å². The summed E-state index contributed by atoms with van der Waals surface area (Å²) in [7, 11) is 0. The second kappa shape index (κ2) is 7.88. The smallest absolute Gasteiger partial charge is 0.287 e. The van der Waals surface area contributed by atoms with Gasteiger partial charge in [-0.25, -0.2) is 5.01 Å². The van der Waals surface area contributed by atoms with E-state index >= 15 is 0 Å². The first kappa shape index (κ1) is 18.3. The Labute approximate surface area is 163 Å². The van der Waals surface area contributed by atoms with E-state index in [4.69, 9.17) is 4.42 Å². The van der Waals surface area contributed by atoms with Crippen LogP contribution < -0.4 is 5.32 Å². The van der Waals surface area contributed by atoms with Gasteiger partial charge in [0.15, 0.2) is 5.76 Å². The number of amides is 3. The van der Waals surface area contributed by atoms with E-state index in [1.54, 1.807) is 11.1 Å². The molecule has 0 atom stereocenters. The average Bonchev–Trinajstić information content (AvgIpc) is 3.45. The summed E-state index contributed by atoms with van der Waals surface area (Å²) >= 11 is 0. The average molecular weight is 381 g/mol. The van der Waals surface area contributed by atoms with Crippen LogP contribution in [0.15, 0.2) is 47.1 Å². The molecule has 1 aliphatic carbocycles. The number of nitrogens with one attached hydrogen (secondary N) is 1. The second-order valence-electron chi connectivity index (χ2n) is 7.29. The first-order valence-electron chi connectivity index (χ1n) is 9.61. The predicted octanol–water partition coefficient (Wildman–Crippen LogP) is 1.79. The Morgan fingerprint density at radius 3 is 2.29 bits per heavy atom. The number of fused-ring (bicyclic) bond motifs is 1. The van der Waals surface area contributed by atoms with Crippen LogP contribution in [0, 0.1) is 5.92 Å². The van der Waals surface area contributed by atoms with Gasteiger partial charge in [0.25, 0.3) is 11.8 Å². The summed E-state index contributed by atoms with van der Waals surface area (Å²) < 4.78 is 5.01. The van der Waals surface area contributed by atoms with Gasteiger partial charge in [0.1, 0.15) is 0 Å². The molecule has 1 aromatic heterocycles. The van der Waals surface area contributed by atoms with Crippen LogP contribution in [0.1, 0.15) is 34.5 Å². The van der Waals surface area contributed by atoms with E-state index in [0.717, 1.165) is 19.3 Å². The van der Waals surface area contributed by atoms with Gasteiger partial charge < -0.3 is 9.73 Å². The lowest BCUT2D eigenvalue weighted by Gasteiger charge is -2.28. The Balaban J connectivity index is 1.31. The lowest BCUT2D eigenvalue weighted by Crippen LogP contribution is -2.48. The van der Waals surface area contributed by atoms with Crippen molar-refractivity contribution in [2.45, 2.75) is 25.7 Å². The van der Waals surface area contributed by atoms with E-state index in [0.29, 0.717) is 19.5 Å². The summed E-state index contributed by atoms with van der Waals surface area (Å²) in [5.41, 5.74) is 2.63. The van der Waals surface area contributed by atoms with Crippen molar-refractivity contribution in [2.75, 3.05) is 19.6 Å². The van der Waals surface area contributed by atoms with E-state index in [-0.39, 0.29) is 30.0 Å². The van der Waals surface area contributed by atoms with E-state index < -0.39 is 5.91 Å². The number of nitrogens with zero attached hydrogens (tertiary/aromatic N) is 2. The molecule has 1 fully saturated rings. The molecule has 0 unspecified atom stereocenters. The lowest BCUT2D eigenvalue weighted by atomic mass is 10.0.